The fourth-order valence-corrected chi connectivity index (χ4v) is 3.63. The molecule has 30 heavy (non-hydrogen) atoms. The van der Waals surface area contributed by atoms with Gasteiger partial charge in [0.2, 0.25) is 11.8 Å². The van der Waals surface area contributed by atoms with Crippen LogP contribution in [0.3, 0.4) is 0 Å². The number of likely N-dealkylation sites (tertiary alicyclic amines) is 1. The van der Waals surface area contributed by atoms with E-state index in [9.17, 15) is 14.4 Å². The Bertz CT molecular complexity index is 857. The Morgan fingerprint density at radius 3 is 2.20 bits per heavy atom. The van der Waals surface area contributed by atoms with Crippen molar-refractivity contribution in [2.24, 2.45) is 5.92 Å². The molecule has 1 aliphatic heterocycles. The summed E-state index contributed by atoms with van der Waals surface area (Å²) in [7, 11) is 0. The molecule has 0 saturated carbocycles. The van der Waals surface area contributed by atoms with Crippen LogP contribution < -0.4 is 10.9 Å². The summed E-state index contributed by atoms with van der Waals surface area (Å²) < 4.78 is 0. The number of hydrogen-bond acceptors (Lipinski definition) is 3. The lowest BCUT2D eigenvalue weighted by Crippen LogP contribution is -2.48. The van der Waals surface area contributed by atoms with Crippen molar-refractivity contribution in [1.29, 1.82) is 0 Å². The molecule has 2 N–H and O–H groups in total. The molecule has 6 nitrogen and oxygen atoms in total. The summed E-state index contributed by atoms with van der Waals surface area (Å²) in [5.74, 6) is -0.614. The lowest BCUT2D eigenvalue weighted by Gasteiger charge is -2.31. The molecule has 1 heterocycles. The largest absolute Gasteiger partial charge is 0.343 e. The van der Waals surface area contributed by atoms with E-state index in [0.29, 0.717) is 37.9 Å². The van der Waals surface area contributed by atoms with Gasteiger partial charge in [-0.15, -0.1) is 0 Å². The number of rotatable bonds is 6. The van der Waals surface area contributed by atoms with Crippen LogP contribution in [0.2, 0.25) is 0 Å². The Morgan fingerprint density at radius 1 is 0.900 bits per heavy atom. The Kier molecular flexibility index (Phi) is 7.60. The number of amides is 3. The van der Waals surface area contributed by atoms with E-state index in [1.165, 1.54) is 0 Å². The van der Waals surface area contributed by atoms with Gasteiger partial charge < -0.3 is 4.90 Å². The molecule has 1 fully saturated rings. The van der Waals surface area contributed by atoms with Crippen LogP contribution in [0.25, 0.3) is 0 Å². The first-order valence-electron chi connectivity index (χ1n) is 10.6. The molecule has 6 heteroatoms. The number of carbonyl (C=O) groups is 3. The molecule has 0 spiro atoms. The molecule has 3 amide bonds. The summed E-state index contributed by atoms with van der Waals surface area (Å²) in [6, 6.07) is 17.3. The van der Waals surface area contributed by atoms with E-state index in [0.717, 1.165) is 24.0 Å². The van der Waals surface area contributed by atoms with Crippen LogP contribution in [0, 0.1) is 5.92 Å². The summed E-state index contributed by atoms with van der Waals surface area (Å²) in [5, 5.41) is 0. The number of aryl methyl sites for hydroxylation is 2. The van der Waals surface area contributed by atoms with E-state index < -0.39 is 0 Å². The normalized spacial score (nSPS) is 14.2. The minimum absolute atomic E-state index is 0.126. The zero-order chi connectivity index (χ0) is 21.3. The molecule has 2 aromatic rings. The number of benzene rings is 2. The van der Waals surface area contributed by atoms with Crippen molar-refractivity contribution in [3.05, 3.63) is 71.3 Å². The molecular weight excluding hydrogens is 378 g/mol. The maximum Gasteiger partial charge on any atom is 0.269 e. The number of carbonyl (C=O) groups excluding carboxylic acids is 3. The lowest BCUT2D eigenvalue weighted by molar-refractivity contribution is -0.135. The van der Waals surface area contributed by atoms with Crippen molar-refractivity contribution < 1.29 is 14.4 Å². The van der Waals surface area contributed by atoms with Crippen LogP contribution in [0.4, 0.5) is 0 Å². The van der Waals surface area contributed by atoms with E-state index >= 15 is 0 Å². The molecular formula is C24H29N3O3. The van der Waals surface area contributed by atoms with Crippen molar-refractivity contribution in [2.75, 3.05) is 13.1 Å². The lowest BCUT2D eigenvalue weighted by atomic mass is 9.95. The van der Waals surface area contributed by atoms with Gasteiger partial charge in [-0.25, -0.2) is 0 Å². The average molecular weight is 408 g/mol. The second-order valence-corrected chi connectivity index (χ2v) is 7.63. The highest BCUT2D eigenvalue weighted by Gasteiger charge is 2.27. The predicted molar refractivity (Wildman–Crippen MR) is 115 cm³/mol. The highest BCUT2D eigenvalue weighted by molar-refractivity contribution is 5.95. The number of hydrazine groups is 1. The summed E-state index contributed by atoms with van der Waals surface area (Å²) in [6.45, 7) is 3.19. The van der Waals surface area contributed by atoms with Gasteiger partial charge in [-0.2, -0.15) is 0 Å². The van der Waals surface area contributed by atoms with E-state index in [2.05, 4.69) is 17.8 Å². The van der Waals surface area contributed by atoms with Gasteiger partial charge in [0.15, 0.2) is 0 Å². The summed E-state index contributed by atoms with van der Waals surface area (Å²) >= 11 is 0. The maximum absolute atomic E-state index is 12.4. The topological polar surface area (TPSA) is 78.5 Å². The fraction of sp³-hybridized carbons (Fsp3) is 0.375. The van der Waals surface area contributed by atoms with Crippen LogP contribution >= 0.6 is 0 Å². The second-order valence-electron chi connectivity index (χ2n) is 7.63. The molecule has 0 atom stereocenters. The summed E-state index contributed by atoms with van der Waals surface area (Å²) in [4.78, 5) is 38.8. The average Bonchev–Trinajstić information content (AvgIpc) is 2.81. The smallest absolute Gasteiger partial charge is 0.269 e. The molecule has 158 valence electrons. The van der Waals surface area contributed by atoms with E-state index in [1.807, 2.05) is 47.4 Å². The van der Waals surface area contributed by atoms with Crippen LogP contribution in [0.1, 0.15) is 47.7 Å². The molecule has 1 aliphatic rings. The Balaban J connectivity index is 1.39. The number of nitrogens with one attached hydrogen (secondary N) is 2. The first kappa shape index (κ1) is 21.6. The molecule has 0 aromatic heterocycles. The molecule has 0 bridgehead atoms. The monoisotopic (exact) mass is 407 g/mol. The maximum atomic E-state index is 12.4. The number of nitrogens with zero attached hydrogens (tertiary/aromatic N) is 1. The summed E-state index contributed by atoms with van der Waals surface area (Å²) in [5.41, 5.74) is 7.83. The first-order valence-corrected chi connectivity index (χ1v) is 10.6. The number of hydrogen-bond donors (Lipinski definition) is 2. The number of piperidine rings is 1. The Labute approximate surface area is 177 Å². The molecule has 3 rings (SSSR count). The quantitative estimate of drug-likeness (QED) is 0.723. The highest BCUT2D eigenvalue weighted by Crippen LogP contribution is 2.18. The van der Waals surface area contributed by atoms with Crippen LogP contribution in [-0.4, -0.2) is 35.7 Å². The Hall–Kier alpha value is -3.15. The van der Waals surface area contributed by atoms with Gasteiger partial charge in [-0.05, 0) is 48.9 Å². The zero-order valence-electron chi connectivity index (χ0n) is 17.4. The summed E-state index contributed by atoms with van der Waals surface area (Å²) in [6.07, 6.45) is 3.32. The minimum atomic E-state index is -0.334. The van der Waals surface area contributed by atoms with Gasteiger partial charge in [0.1, 0.15) is 0 Å². The van der Waals surface area contributed by atoms with E-state index in [-0.39, 0.29) is 23.6 Å². The Morgan fingerprint density at radius 2 is 1.57 bits per heavy atom. The third kappa shape index (κ3) is 5.92. The molecule has 0 unspecified atom stereocenters. The van der Waals surface area contributed by atoms with Gasteiger partial charge >= 0.3 is 0 Å². The predicted octanol–water partition coefficient (Wildman–Crippen LogP) is 2.88. The van der Waals surface area contributed by atoms with Crippen molar-refractivity contribution in [3.8, 4) is 0 Å². The minimum Gasteiger partial charge on any atom is -0.343 e. The van der Waals surface area contributed by atoms with Crippen molar-refractivity contribution in [3.63, 3.8) is 0 Å². The van der Waals surface area contributed by atoms with Gasteiger partial charge in [0.25, 0.3) is 5.91 Å². The van der Waals surface area contributed by atoms with E-state index in [4.69, 9.17) is 0 Å². The molecule has 2 aromatic carbocycles. The van der Waals surface area contributed by atoms with Gasteiger partial charge in [-0.1, -0.05) is 49.4 Å². The van der Waals surface area contributed by atoms with Gasteiger partial charge in [0.05, 0.1) is 0 Å². The van der Waals surface area contributed by atoms with Crippen molar-refractivity contribution in [1.82, 2.24) is 15.8 Å². The van der Waals surface area contributed by atoms with E-state index in [1.54, 1.807) is 12.1 Å². The van der Waals surface area contributed by atoms with Crippen molar-refractivity contribution >= 4 is 17.7 Å². The van der Waals surface area contributed by atoms with Gasteiger partial charge in [0, 0.05) is 31.0 Å². The van der Waals surface area contributed by atoms with Crippen LogP contribution in [0.5, 0.6) is 0 Å². The second kappa shape index (κ2) is 10.6. The third-order valence-corrected chi connectivity index (χ3v) is 5.61. The first-order chi connectivity index (χ1) is 14.6. The molecule has 0 radical (unpaired) electrons. The van der Waals surface area contributed by atoms with Crippen LogP contribution in [0.15, 0.2) is 54.6 Å². The molecule has 0 aliphatic carbocycles. The fourth-order valence-electron chi connectivity index (χ4n) is 3.63. The zero-order valence-corrected chi connectivity index (χ0v) is 17.4. The highest BCUT2D eigenvalue weighted by atomic mass is 16.2. The van der Waals surface area contributed by atoms with Crippen molar-refractivity contribution in [2.45, 2.75) is 39.0 Å². The standard InChI is InChI=1S/C24H29N3O3/c1-2-18-8-11-20(12-9-18)23(29)25-26-24(30)21-14-16-27(17-15-21)22(28)13-10-19-6-4-3-5-7-19/h3-9,11-12,21H,2,10,13-17H2,1H3,(H,25,29)(H,26,30). The van der Waals surface area contributed by atoms with Gasteiger partial charge in [-0.3, -0.25) is 25.2 Å². The molecule has 1 saturated heterocycles. The SMILES string of the molecule is CCc1ccc(C(=O)NNC(=O)C2CCN(C(=O)CCc3ccccc3)CC2)cc1. The third-order valence-electron chi connectivity index (χ3n) is 5.61. The van der Waals surface area contributed by atoms with Crippen LogP contribution in [-0.2, 0) is 22.4 Å².